The van der Waals surface area contributed by atoms with Crippen molar-refractivity contribution in [3.63, 3.8) is 0 Å². The molecule has 4 nitrogen and oxygen atoms in total. The second-order valence-corrected chi connectivity index (χ2v) is 6.37. The molecule has 23 heavy (non-hydrogen) atoms. The molecule has 114 valence electrons. The molecule has 1 aliphatic heterocycles. The smallest absolute Gasteiger partial charge is 0.255 e. The molecular weight excluding hydrogens is 306 g/mol. The van der Waals surface area contributed by atoms with Crippen LogP contribution >= 0.6 is 11.3 Å². The number of hydrogen-bond donors (Lipinski definition) is 2. The maximum atomic E-state index is 12.4. The fourth-order valence-corrected chi connectivity index (χ4v) is 3.35. The van der Waals surface area contributed by atoms with Crippen LogP contribution < -0.4 is 10.6 Å². The Morgan fingerprint density at radius 3 is 2.70 bits per heavy atom. The van der Waals surface area contributed by atoms with E-state index in [2.05, 4.69) is 21.7 Å². The normalized spacial score (nSPS) is 12.9. The van der Waals surface area contributed by atoms with E-state index < -0.39 is 0 Å². The molecule has 0 aliphatic carbocycles. The largest absolute Gasteiger partial charge is 0.322 e. The van der Waals surface area contributed by atoms with E-state index >= 15 is 0 Å². The van der Waals surface area contributed by atoms with Gasteiger partial charge in [-0.3, -0.25) is 9.78 Å². The van der Waals surface area contributed by atoms with Gasteiger partial charge in [0.2, 0.25) is 0 Å². The minimum atomic E-state index is -0.0910. The first-order chi connectivity index (χ1) is 11.3. The second-order valence-electron chi connectivity index (χ2n) is 5.48. The van der Waals surface area contributed by atoms with Gasteiger partial charge < -0.3 is 10.6 Å². The predicted octanol–water partition coefficient (Wildman–Crippen LogP) is 3.67. The SMILES string of the molecule is O=C(Nc1ccc2c(c1)CNC2)c1ccc(-c2cncs2)cc1. The van der Waals surface area contributed by atoms with Gasteiger partial charge in [-0.05, 0) is 41.0 Å². The number of carbonyl (C=O) groups excluding carboxylic acids is 1. The predicted molar refractivity (Wildman–Crippen MR) is 92.5 cm³/mol. The molecule has 0 spiro atoms. The van der Waals surface area contributed by atoms with E-state index in [0.717, 1.165) is 29.2 Å². The van der Waals surface area contributed by atoms with Crippen molar-refractivity contribution >= 4 is 22.9 Å². The second kappa shape index (κ2) is 5.95. The topological polar surface area (TPSA) is 54.0 Å². The van der Waals surface area contributed by atoms with Crippen LogP contribution in [-0.4, -0.2) is 10.9 Å². The Balaban J connectivity index is 1.51. The van der Waals surface area contributed by atoms with Gasteiger partial charge in [-0.15, -0.1) is 11.3 Å². The molecule has 5 heteroatoms. The Morgan fingerprint density at radius 2 is 1.91 bits per heavy atom. The van der Waals surface area contributed by atoms with E-state index in [-0.39, 0.29) is 5.91 Å². The molecule has 0 unspecified atom stereocenters. The van der Waals surface area contributed by atoms with Crippen molar-refractivity contribution in [2.75, 3.05) is 5.32 Å². The average molecular weight is 321 g/mol. The highest BCUT2D eigenvalue weighted by Crippen LogP contribution is 2.24. The van der Waals surface area contributed by atoms with Gasteiger partial charge in [0.25, 0.3) is 5.91 Å². The Bertz CT molecular complexity index is 841. The van der Waals surface area contributed by atoms with Crippen LogP contribution in [0.3, 0.4) is 0 Å². The van der Waals surface area contributed by atoms with Crippen LogP contribution in [0, 0.1) is 0 Å². The van der Waals surface area contributed by atoms with E-state index in [1.807, 2.05) is 42.6 Å². The highest BCUT2D eigenvalue weighted by molar-refractivity contribution is 7.13. The summed E-state index contributed by atoms with van der Waals surface area (Å²) >= 11 is 1.59. The molecule has 2 aromatic carbocycles. The summed E-state index contributed by atoms with van der Waals surface area (Å²) in [6, 6.07) is 13.7. The van der Waals surface area contributed by atoms with Crippen LogP contribution in [-0.2, 0) is 13.1 Å². The number of carbonyl (C=O) groups is 1. The molecule has 4 rings (SSSR count). The van der Waals surface area contributed by atoms with Gasteiger partial charge in [0.15, 0.2) is 0 Å². The maximum Gasteiger partial charge on any atom is 0.255 e. The van der Waals surface area contributed by atoms with Crippen molar-refractivity contribution in [3.05, 3.63) is 70.9 Å². The number of aromatic nitrogens is 1. The van der Waals surface area contributed by atoms with Gasteiger partial charge in [0.1, 0.15) is 0 Å². The number of rotatable bonds is 3. The summed E-state index contributed by atoms with van der Waals surface area (Å²) in [6.45, 7) is 1.77. The molecule has 0 saturated heterocycles. The summed E-state index contributed by atoms with van der Waals surface area (Å²) in [6.07, 6.45) is 1.83. The summed E-state index contributed by atoms with van der Waals surface area (Å²) in [4.78, 5) is 17.6. The number of anilines is 1. The summed E-state index contributed by atoms with van der Waals surface area (Å²) in [5.74, 6) is -0.0910. The summed E-state index contributed by atoms with van der Waals surface area (Å²) in [5.41, 5.74) is 6.92. The van der Waals surface area contributed by atoms with Crippen molar-refractivity contribution in [1.29, 1.82) is 0 Å². The molecule has 1 amide bonds. The molecule has 3 aromatic rings. The third-order valence-electron chi connectivity index (χ3n) is 3.96. The van der Waals surface area contributed by atoms with Crippen LogP contribution in [0.25, 0.3) is 10.4 Å². The molecule has 1 aliphatic rings. The van der Waals surface area contributed by atoms with Crippen LogP contribution in [0.1, 0.15) is 21.5 Å². The molecule has 0 saturated carbocycles. The van der Waals surface area contributed by atoms with Gasteiger partial charge >= 0.3 is 0 Å². The zero-order valence-electron chi connectivity index (χ0n) is 12.4. The number of amides is 1. The number of hydrogen-bond acceptors (Lipinski definition) is 4. The van der Waals surface area contributed by atoms with E-state index in [0.29, 0.717) is 5.56 Å². The monoisotopic (exact) mass is 321 g/mol. The fraction of sp³-hybridized carbons (Fsp3) is 0.111. The van der Waals surface area contributed by atoms with E-state index in [1.165, 1.54) is 11.1 Å². The standard InChI is InChI=1S/C18H15N3OS/c22-18(21-16-6-5-14-8-19-9-15(14)7-16)13-3-1-12(2-4-13)17-10-20-11-23-17/h1-7,10-11,19H,8-9H2,(H,21,22). The van der Waals surface area contributed by atoms with Crippen molar-refractivity contribution in [3.8, 4) is 10.4 Å². The number of benzene rings is 2. The Morgan fingerprint density at radius 1 is 1.09 bits per heavy atom. The Hall–Kier alpha value is -2.50. The molecule has 2 heterocycles. The third kappa shape index (κ3) is 2.88. The van der Waals surface area contributed by atoms with Crippen molar-refractivity contribution in [2.45, 2.75) is 13.1 Å². The van der Waals surface area contributed by atoms with Crippen LogP contribution in [0.4, 0.5) is 5.69 Å². The minimum absolute atomic E-state index is 0.0910. The summed E-state index contributed by atoms with van der Waals surface area (Å²) < 4.78 is 0. The van der Waals surface area contributed by atoms with E-state index in [4.69, 9.17) is 0 Å². The van der Waals surface area contributed by atoms with Gasteiger partial charge in [0, 0.05) is 30.5 Å². The molecule has 1 aromatic heterocycles. The van der Waals surface area contributed by atoms with Crippen LogP contribution in [0.15, 0.2) is 54.2 Å². The molecule has 2 N–H and O–H groups in total. The van der Waals surface area contributed by atoms with E-state index in [1.54, 1.807) is 16.8 Å². The molecule has 0 atom stereocenters. The van der Waals surface area contributed by atoms with Gasteiger partial charge in [0.05, 0.1) is 10.4 Å². The van der Waals surface area contributed by atoms with Gasteiger partial charge in [-0.1, -0.05) is 18.2 Å². The lowest BCUT2D eigenvalue weighted by Crippen LogP contribution is -2.11. The van der Waals surface area contributed by atoms with Crippen LogP contribution in [0.5, 0.6) is 0 Å². The number of thiazole rings is 1. The molecule has 0 bridgehead atoms. The van der Waals surface area contributed by atoms with Gasteiger partial charge in [-0.2, -0.15) is 0 Å². The maximum absolute atomic E-state index is 12.4. The van der Waals surface area contributed by atoms with Crippen molar-refractivity contribution in [1.82, 2.24) is 10.3 Å². The first kappa shape index (κ1) is 14.1. The first-order valence-corrected chi connectivity index (χ1v) is 8.30. The highest BCUT2D eigenvalue weighted by atomic mass is 32.1. The Labute approximate surface area is 138 Å². The lowest BCUT2D eigenvalue weighted by Gasteiger charge is -2.07. The Kier molecular flexibility index (Phi) is 3.65. The molecular formula is C18H15N3OS. The fourth-order valence-electron chi connectivity index (χ4n) is 2.72. The lowest BCUT2D eigenvalue weighted by atomic mass is 10.1. The minimum Gasteiger partial charge on any atom is -0.322 e. The molecule has 0 fully saturated rings. The highest BCUT2D eigenvalue weighted by Gasteiger charge is 2.12. The number of nitrogens with zero attached hydrogens (tertiary/aromatic N) is 1. The first-order valence-electron chi connectivity index (χ1n) is 7.42. The van der Waals surface area contributed by atoms with Crippen molar-refractivity contribution < 1.29 is 4.79 Å². The van der Waals surface area contributed by atoms with Crippen LogP contribution in [0.2, 0.25) is 0 Å². The summed E-state index contributed by atoms with van der Waals surface area (Å²) in [5, 5.41) is 6.27. The van der Waals surface area contributed by atoms with Crippen molar-refractivity contribution in [2.24, 2.45) is 0 Å². The average Bonchev–Trinajstić information content (AvgIpc) is 3.26. The lowest BCUT2D eigenvalue weighted by molar-refractivity contribution is 0.102. The zero-order valence-corrected chi connectivity index (χ0v) is 13.2. The zero-order chi connectivity index (χ0) is 15.6. The number of fused-ring (bicyclic) bond motifs is 1. The number of nitrogens with one attached hydrogen (secondary N) is 2. The summed E-state index contributed by atoms with van der Waals surface area (Å²) in [7, 11) is 0. The quantitative estimate of drug-likeness (QED) is 0.774. The van der Waals surface area contributed by atoms with Gasteiger partial charge in [-0.25, -0.2) is 0 Å². The molecule has 0 radical (unpaired) electrons. The van der Waals surface area contributed by atoms with E-state index in [9.17, 15) is 4.79 Å². The third-order valence-corrected chi connectivity index (χ3v) is 4.78.